The number of nitrogens with one attached hydrogen (secondary N) is 1. The summed E-state index contributed by atoms with van der Waals surface area (Å²) in [4.78, 5) is 24.4. The van der Waals surface area contributed by atoms with Gasteiger partial charge in [-0.25, -0.2) is 4.39 Å². The minimum absolute atomic E-state index is 0.201. The Kier molecular flexibility index (Phi) is 5.28. The third kappa shape index (κ3) is 4.26. The molecule has 122 valence electrons. The molecule has 1 heterocycles. The Hall–Kier alpha value is -2.47. The van der Waals surface area contributed by atoms with E-state index in [-0.39, 0.29) is 29.0 Å². The van der Waals surface area contributed by atoms with E-state index in [4.69, 9.17) is 5.73 Å². The Morgan fingerprint density at radius 1 is 1.26 bits per heavy atom. The van der Waals surface area contributed by atoms with Gasteiger partial charge in [-0.2, -0.15) is 0 Å². The zero-order valence-electron chi connectivity index (χ0n) is 13.1. The van der Waals surface area contributed by atoms with Gasteiger partial charge in [-0.05, 0) is 36.8 Å². The van der Waals surface area contributed by atoms with Crippen molar-refractivity contribution in [2.24, 2.45) is 11.7 Å². The minimum Gasteiger partial charge on any atom is -0.327 e. The summed E-state index contributed by atoms with van der Waals surface area (Å²) >= 11 is 0. The molecule has 6 heteroatoms. The molecule has 2 aromatic rings. The van der Waals surface area contributed by atoms with Gasteiger partial charge >= 0.3 is 0 Å². The second-order valence-electron chi connectivity index (χ2n) is 5.62. The lowest BCUT2D eigenvalue weighted by Crippen LogP contribution is -2.36. The molecule has 0 aliphatic carbocycles. The molecule has 0 fully saturated rings. The van der Waals surface area contributed by atoms with Crippen molar-refractivity contribution in [3.8, 4) is 0 Å². The van der Waals surface area contributed by atoms with Crippen molar-refractivity contribution in [1.29, 1.82) is 0 Å². The van der Waals surface area contributed by atoms with Gasteiger partial charge in [0, 0.05) is 12.2 Å². The van der Waals surface area contributed by atoms with Crippen molar-refractivity contribution >= 4 is 11.6 Å². The molecule has 3 N–H and O–H groups in total. The summed E-state index contributed by atoms with van der Waals surface area (Å²) in [5.41, 5.74) is 6.37. The van der Waals surface area contributed by atoms with Gasteiger partial charge in [0.25, 0.3) is 5.56 Å². The number of hydrogen-bond donors (Lipinski definition) is 2. The maximum atomic E-state index is 12.9. The van der Waals surface area contributed by atoms with E-state index in [1.807, 2.05) is 0 Å². The number of halogens is 1. The molecule has 2 atom stereocenters. The van der Waals surface area contributed by atoms with Gasteiger partial charge in [0.05, 0.1) is 12.5 Å². The number of carbonyl (C=O) groups excluding carboxylic acids is 1. The van der Waals surface area contributed by atoms with Crippen molar-refractivity contribution in [2.45, 2.75) is 26.4 Å². The van der Waals surface area contributed by atoms with Crippen LogP contribution in [0.3, 0.4) is 0 Å². The first kappa shape index (κ1) is 16.9. The van der Waals surface area contributed by atoms with E-state index in [9.17, 15) is 14.0 Å². The van der Waals surface area contributed by atoms with Gasteiger partial charge in [-0.1, -0.05) is 19.1 Å². The van der Waals surface area contributed by atoms with E-state index in [2.05, 4.69) is 5.32 Å². The summed E-state index contributed by atoms with van der Waals surface area (Å²) in [6, 6.07) is 8.84. The highest BCUT2D eigenvalue weighted by Crippen LogP contribution is 2.08. The molecule has 0 aliphatic heterocycles. The Labute approximate surface area is 133 Å². The third-order valence-corrected chi connectivity index (χ3v) is 3.75. The van der Waals surface area contributed by atoms with Crippen LogP contribution in [0.5, 0.6) is 0 Å². The van der Waals surface area contributed by atoms with E-state index >= 15 is 0 Å². The van der Waals surface area contributed by atoms with Gasteiger partial charge in [0.2, 0.25) is 5.91 Å². The third-order valence-electron chi connectivity index (χ3n) is 3.75. The highest BCUT2D eigenvalue weighted by Gasteiger charge is 2.18. The van der Waals surface area contributed by atoms with Crippen molar-refractivity contribution in [1.82, 2.24) is 4.57 Å². The highest BCUT2D eigenvalue weighted by atomic mass is 19.1. The van der Waals surface area contributed by atoms with Crippen LogP contribution in [-0.4, -0.2) is 16.5 Å². The number of amides is 1. The maximum absolute atomic E-state index is 12.9. The molecular weight excluding hydrogens is 297 g/mol. The van der Waals surface area contributed by atoms with E-state index < -0.39 is 5.92 Å². The number of anilines is 1. The number of nitrogens with two attached hydrogens (primary N) is 1. The zero-order chi connectivity index (χ0) is 17.0. The number of hydrogen-bond acceptors (Lipinski definition) is 3. The highest BCUT2D eigenvalue weighted by molar-refractivity contribution is 5.92. The molecule has 0 spiro atoms. The van der Waals surface area contributed by atoms with Crippen LogP contribution in [0.1, 0.15) is 19.4 Å². The van der Waals surface area contributed by atoms with Crippen molar-refractivity contribution in [2.75, 3.05) is 5.32 Å². The second-order valence-corrected chi connectivity index (χ2v) is 5.62. The number of rotatable bonds is 5. The molecular formula is C17H20FN3O2. The van der Waals surface area contributed by atoms with E-state index in [1.54, 1.807) is 44.3 Å². The lowest BCUT2D eigenvalue weighted by molar-refractivity contribution is -0.119. The fraction of sp³-hybridized carbons (Fsp3) is 0.294. The van der Waals surface area contributed by atoms with Gasteiger partial charge in [-0.15, -0.1) is 0 Å². The predicted molar refractivity (Wildman–Crippen MR) is 87.6 cm³/mol. The first-order chi connectivity index (χ1) is 10.9. The van der Waals surface area contributed by atoms with Crippen LogP contribution >= 0.6 is 0 Å². The van der Waals surface area contributed by atoms with Crippen LogP contribution < -0.4 is 16.6 Å². The molecule has 0 radical (unpaired) electrons. The van der Waals surface area contributed by atoms with Crippen LogP contribution in [0.15, 0.2) is 47.4 Å². The monoisotopic (exact) mass is 317 g/mol. The number of pyridine rings is 1. The van der Waals surface area contributed by atoms with Crippen LogP contribution in [0.2, 0.25) is 0 Å². The topological polar surface area (TPSA) is 77.1 Å². The normalized spacial score (nSPS) is 13.4. The molecule has 23 heavy (non-hydrogen) atoms. The number of aromatic nitrogens is 1. The molecule has 1 amide bonds. The average molecular weight is 317 g/mol. The first-order valence-electron chi connectivity index (χ1n) is 7.39. The second kappa shape index (κ2) is 7.19. The molecule has 5 nitrogen and oxygen atoms in total. The Morgan fingerprint density at radius 3 is 2.52 bits per heavy atom. The Morgan fingerprint density at radius 2 is 1.91 bits per heavy atom. The first-order valence-corrected chi connectivity index (χ1v) is 7.39. The maximum Gasteiger partial charge on any atom is 0.274 e. The van der Waals surface area contributed by atoms with E-state index in [1.165, 1.54) is 16.7 Å². The summed E-state index contributed by atoms with van der Waals surface area (Å²) in [5, 5.41) is 2.61. The van der Waals surface area contributed by atoms with Gasteiger partial charge in [-0.3, -0.25) is 9.59 Å². The van der Waals surface area contributed by atoms with Gasteiger partial charge < -0.3 is 15.6 Å². The lowest BCUT2D eigenvalue weighted by atomic mass is 10.0. The average Bonchev–Trinajstić information content (AvgIpc) is 2.52. The minimum atomic E-state index is -0.403. The quantitative estimate of drug-likeness (QED) is 0.885. The fourth-order valence-corrected chi connectivity index (χ4v) is 2.03. The molecule has 0 bridgehead atoms. The molecule has 0 saturated heterocycles. The summed E-state index contributed by atoms with van der Waals surface area (Å²) in [6.07, 6.45) is 1.62. The molecule has 0 aliphatic rings. The molecule has 1 aromatic carbocycles. The summed E-state index contributed by atoms with van der Waals surface area (Å²) in [6.45, 7) is 3.74. The number of nitrogens with zero attached hydrogens (tertiary/aromatic N) is 1. The summed E-state index contributed by atoms with van der Waals surface area (Å²) in [7, 11) is 0. The largest absolute Gasteiger partial charge is 0.327 e. The molecule has 2 rings (SSSR count). The fourth-order valence-electron chi connectivity index (χ4n) is 2.03. The molecule has 1 aromatic heterocycles. The van der Waals surface area contributed by atoms with E-state index in [0.717, 1.165) is 5.56 Å². The zero-order valence-corrected chi connectivity index (χ0v) is 13.1. The lowest BCUT2D eigenvalue weighted by Gasteiger charge is -2.15. The Balaban J connectivity index is 2.19. The van der Waals surface area contributed by atoms with E-state index in [0.29, 0.717) is 6.54 Å². The van der Waals surface area contributed by atoms with Crippen LogP contribution in [0.4, 0.5) is 10.1 Å². The van der Waals surface area contributed by atoms with Crippen LogP contribution in [0, 0.1) is 11.7 Å². The standard InChI is InChI=1S/C17H20FN3O2/c1-11(12(2)19)16(22)20-15-4-3-9-21(17(15)23)10-13-5-7-14(18)8-6-13/h3-9,11-12H,10,19H2,1-2H3,(H,20,22). The SMILES string of the molecule is CC(N)C(C)C(=O)Nc1cccn(Cc2ccc(F)cc2)c1=O. The summed E-state index contributed by atoms with van der Waals surface area (Å²) in [5.74, 6) is -1.02. The van der Waals surface area contributed by atoms with Crippen LogP contribution in [0.25, 0.3) is 0 Å². The van der Waals surface area contributed by atoms with Gasteiger partial charge in [0.1, 0.15) is 11.5 Å². The smallest absolute Gasteiger partial charge is 0.274 e. The Bertz CT molecular complexity index is 738. The predicted octanol–water partition coefficient (Wildman–Crippen LogP) is 1.96. The number of carbonyl (C=O) groups is 1. The van der Waals surface area contributed by atoms with Crippen LogP contribution in [-0.2, 0) is 11.3 Å². The van der Waals surface area contributed by atoms with Gasteiger partial charge in [0.15, 0.2) is 0 Å². The van der Waals surface area contributed by atoms with Crippen molar-refractivity contribution in [3.63, 3.8) is 0 Å². The molecule has 0 saturated carbocycles. The van der Waals surface area contributed by atoms with Crippen molar-refractivity contribution < 1.29 is 9.18 Å². The molecule has 2 unspecified atom stereocenters. The van der Waals surface area contributed by atoms with Crippen molar-refractivity contribution in [3.05, 3.63) is 64.3 Å². The summed E-state index contributed by atoms with van der Waals surface area (Å²) < 4.78 is 14.4. The number of benzene rings is 1.